The van der Waals surface area contributed by atoms with E-state index in [1.165, 1.54) is 12.0 Å². The van der Waals surface area contributed by atoms with Gasteiger partial charge in [0.05, 0.1) is 6.61 Å². The fourth-order valence-corrected chi connectivity index (χ4v) is 3.35. The lowest BCUT2D eigenvalue weighted by Crippen LogP contribution is -1.94. The molecule has 0 aromatic heterocycles. The standard InChI is InChI=1S/C14H28O7P2/c1-13(2)9-7-5-4-6-8-10-14(3)11-12-20-23(18,19)21-22(15,16)17/h9,11H,4-8,10,12H2,1-3H3,(H,18,19)(H2,15,16,17)/b14-11+. The molecule has 0 rings (SSSR count). The lowest BCUT2D eigenvalue weighted by atomic mass is 10.1. The molecule has 0 aliphatic heterocycles. The Kier molecular flexibility index (Phi) is 11.2. The SMILES string of the molecule is CC(C)=CCCCCCC/C(C)=C/COP(=O)(O)OP(=O)(O)O. The van der Waals surface area contributed by atoms with Crippen LogP contribution in [0.1, 0.15) is 59.3 Å². The molecule has 7 nitrogen and oxygen atoms in total. The summed E-state index contributed by atoms with van der Waals surface area (Å²) in [7, 11) is -9.79. The first-order valence-electron chi connectivity index (χ1n) is 7.55. The molecule has 1 unspecified atom stereocenters. The van der Waals surface area contributed by atoms with Crippen molar-refractivity contribution in [2.75, 3.05) is 6.61 Å². The third-order valence-corrected chi connectivity index (χ3v) is 5.11. The Morgan fingerprint density at radius 2 is 1.57 bits per heavy atom. The van der Waals surface area contributed by atoms with Crippen molar-refractivity contribution in [3.8, 4) is 0 Å². The summed E-state index contributed by atoms with van der Waals surface area (Å²) in [5.41, 5.74) is 2.33. The van der Waals surface area contributed by atoms with Gasteiger partial charge in [-0.25, -0.2) is 9.13 Å². The minimum atomic E-state index is -5.05. The Labute approximate surface area is 138 Å². The molecule has 9 heteroatoms. The molecule has 0 aromatic rings. The Balaban J connectivity index is 3.85. The second-order valence-corrected chi connectivity index (χ2v) is 8.45. The highest BCUT2D eigenvalue weighted by Crippen LogP contribution is 2.57. The molecular weight excluding hydrogens is 342 g/mol. The van der Waals surface area contributed by atoms with Crippen LogP contribution in [0.2, 0.25) is 0 Å². The first-order valence-corrected chi connectivity index (χ1v) is 10.6. The highest BCUT2D eigenvalue weighted by molar-refractivity contribution is 7.60. The summed E-state index contributed by atoms with van der Waals surface area (Å²) >= 11 is 0. The van der Waals surface area contributed by atoms with Crippen LogP contribution in [0.4, 0.5) is 0 Å². The molecule has 3 N–H and O–H groups in total. The van der Waals surface area contributed by atoms with Crippen molar-refractivity contribution in [2.45, 2.75) is 59.3 Å². The van der Waals surface area contributed by atoms with Gasteiger partial charge in [0, 0.05) is 0 Å². The van der Waals surface area contributed by atoms with Crippen LogP contribution in [0.25, 0.3) is 0 Å². The van der Waals surface area contributed by atoms with Crippen LogP contribution in [-0.4, -0.2) is 21.3 Å². The van der Waals surface area contributed by atoms with Gasteiger partial charge in [-0.2, -0.15) is 4.31 Å². The Morgan fingerprint density at radius 1 is 0.957 bits per heavy atom. The van der Waals surface area contributed by atoms with Crippen molar-refractivity contribution in [3.63, 3.8) is 0 Å². The second kappa shape index (κ2) is 11.3. The molecule has 23 heavy (non-hydrogen) atoms. The van der Waals surface area contributed by atoms with Gasteiger partial charge < -0.3 is 14.7 Å². The highest BCUT2D eigenvalue weighted by atomic mass is 31.3. The summed E-state index contributed by atoms with van der Waals surface area (Å²) < 4.78 is 29.8. The lowest BCUT2D eigenvalue weighted by molar-refractivity contribution is 0.191. The van der Waals surface area contributed by atoms with Gasteiger partial charge in [0.2, 0.25) is 0 Å². The normalized spacial score (nSPS) is 15.3. The van der Waals surface area contributed by atoms with E-state index in [1.807, 2.05) is 6.92 Å². The monoisotopic (exact) mass is 370 g/mol. The zero-order chi connectivity index (χ0) is 17.9. The van der Waals surface area contributed by atoms with Crippen LogP contribution in [0.15, 0.2) is 23.3 Å². The van der Waals surface area contributed by atoms with Gasteiger partial charge >= 0.3 is 15.6 Å². The molecule has 136 valence electrons. The van der Waals surface area contributed by atoms with Gasteiger partial charge in [-0.3, -0.25) is 4.52 Å². The van der Waals surface area contributed by atoms with Crippen LogP contribution in [-0.2, 0) is 18.0 Å². The highest BCUT2D eigenvalue weighted by Gasteiger charge is 2.31. The predicted octanol–water partition coefficient (Wildman–Crippen LogP) is 4.47. The van der Waals surface area contributed by atoms with E-state index in [2.05, 4.69) is 28.8 Å². The number of phosphoric ester groups is 1. The molecule has 0 fully saturated rings. The van der Waals surface area contributed by atoms with E-state index in [4.69, 9.17) is 14.7 Å². The van der Waals surface area contributed by atoms with Gasteiger partial charge in [0.1, 0.15) is 0 Å². The molecule has 0 saturated carbocycles. The largest absolute Gasteiger partial charge is 0.481 e. The van der Waals surface area contributed by atoms with Crippen molar-refractivity contribution in [2.24, 2.45) is 0 Å². The van der Waals surface area contributed by atoms with Crippen molar-refractivity contribution in [1.82, 2.24) is 0 Å². The summed E-state index contributed by atoms with van der Waals surface area (Å²) in [5.74, 6) is 0. The minimum Gasteiger partial charge on any atom is -0.302 e. The van der Waals surface area contributed by atoms with Crippen LogP contribution in [0.5, 0.6) is 0 Å². The van der Waals surface area contributed by atoms with E-state index in [0.717, 1.165) is 37.7 Å². The molecule has 0 amide bonds. The molecule has 0 aliphatic carbocycles. The topological polar surface area (TPSA) is 113 Å². The fraction of sp³-hybridized carbons (Fsp3) is 0.714. The van der Waals surface area contributed by atoms with Gasteiger partial charge in [0.25, 0.3) is 0 Å². The van der Waals surface area contributed by atoms with Crippen LogP contribution >= 0.6 is 15.6 Å². The predicted molar refractivity (Wildman–Crippen MR) is 89.8 cm³/mol. The molecule has 1 atom stereocenters. The van der Waals surface area contributed by atoms with E-state index in [-0.39, 0.29) is 6.61 Å². The zero-order valence-electron chi connectivity index (χ0n) is 14.0. The maximum atomic E-state index is 11.2. The van der Waals surface area contributed by atoms with Gasteiger partial charge in [-0.1, -0.05) is 36.1 Å². The van der Waals surface area contributed by atoms with E-state index < -0.39 is 15.6 Å². The Hall–Kier alpha value is -0.260. The molecule has 0 aliphatic rings. The number of phosphoric acid groups is 2. The number of hydrogen-bond donors (Lipinski definition) is 3. The van der Waals surface area contributed by atoms with Crippen molar-refractivity contribution in [1.29, 1.82) is 0 Å². The fourth-order valence-electron chi connectivity index (χ4n) is 1.83. The maximum absolute atomic E-state index is 11.2. The molecular formula is C14H28O7P2. The molecule has 0 radical (unpaired) electrons. The molecule has 0 bridgehead atoms. The maximum Gasteiger partial charge on any atom is 0.481 e. The van der Waals surface area contributed by atoms with Gasteiger partial charge in [-0.05, 0) is 46.5 Å². The molecule has 0 heterocycles. The number of unbranched alkanes of at least 4 members (excludes halogenated alkanes) is 4. The molecule has 0 saturated heterocycles. The summed E-state index contributed by atoms with van der Waals surface area (Å²) in [6.45, 7) is 5.82. The summed E-state index contributed by atoms with van der Waals surface area (Å²) in [5, 5.41) is 0. The quantitative estimate of drug-likeness (QED) is 0.264. The van der Waals surface area contributed by atoms with Gasteiger partial charge in [0.15, 0.2) is 0 Å². The van der Waals surface area contributed by atoms with Crippen LogP contribution in [0, 0.1) is 0 Å². The average Bonchev–Trinajstić information content (AvgIpc) is 2.33. The van der Waals surface area contributed by atoms with E-state index in [0.29, 0.717) is 0 Å². The number of allylic oxidation sites excluding steroid dienone is 3. The summed E-state index contributed by atoms with van der Waals surface area (Å²) in [6, 6.07) is 0. The second-order valence-electron chi connectivity index (χ2n) is 5.62. The number of hydrogen-bond acceptors (Lipinski definition) is 4. The van der Waals surface area contributed by atoms with E-state index in [1.54, 1.807) is 6.08 Å². The lowest BCUT2D eigenvalue weighted by Gasteiger charge is -2.11. The first kappa shape index (κ1) is 22.7. The van der Waals surface area contributed by atoms with Crippen molar-refractivity contribution in [3.05, 3.63) is 23.3 Å². The molecule has 0 spiro atoms. The van der Waals surface area contributed by atoms with E-state index >= 15 is 0 Å². The minimum absolute atomic E-state index is 0.236. The third-order valence-electron chi connectivity index (χ3n) is 2.96. The zero-order valence-corrected chi connectivity index (χ0v) is 15.8. The average molecular weight is 370 g/mol. The molecule has 0 aromatic carbocycles. The smallest absolute Gasteiger partial charge is 0.302 e. The Morgan fingerprint density at radius 3 is 2.13 bits per heavy atom. The van der Waals surface area contributed by atoms with Crippen LogP contribution < -0.4 is 0 Å². The van der Waals surface area contributed by atoms with Crippen molar-refractivity contribution >= 4 is 15.6 Å². The Bertz CT molecular complexity index is 489. The van der Waals surface area contributed by atoms with Crippen LogP contribution in [0.3, 0.4) is 0 Å². The van der Waals surface area contributed by atoms with Crippen molar-refractivity contribution < 1.29 is 32.6 Å². The summed E-state index contributed by atoms with van der Waals surface area (Å²) in [4.78, 5) is 26.0. The van der Waals surface area contributed by atoms with E-state index in [9.17, 15) is 9.13 Å². The summed E-state index contributed by atoms with van der Waals surface area (Å²) in [6.07, 6.45) is 10.3. The third kappa shape index (κ3) is 16.4. The van der Waals surface area contributed by atoms with Gasteiger partial charge in [-0.15, -0.1) is 0 Å². The first-order chi connectivity index (χ1) is 10.5. The number of rotatable bonds is 12.